The monoisotopic (exact) mass is 225 g/mol. The van der Waals surface area contributed by atoms with Crippen LogP contribution in [0, 0.1) is 0 Å². The fraction of sp³-hybridized carbons (Fsp3) is 0.500. The molecule has 0 aromatic heterocycles. The van der Waals surface area contributed by atoms with E-state index >= 15 is 0 Å². The summed E-state index contributed by atoms with van der Waals surface area (Å²) in [6.45, 7) is 0. The van der Waals surface area contributed by atoms with Crippen LogP contribution in [0.25, 0.3) is 0 Å². The molecule has 1 aliphatic rings. The summed E-state index contributed by atoms with van der Waals surface area (Å²) in [5.41, 5.74) is 6.01. The molecule has 2 rings (SSSR count). The standard InChI is InChI=1S/C12H16ClNO/c13-9-5-7-10(8-6-9)15-12-4-2-1-3-11(12)14/h5-8,11-12H,1-4,14H2. The quantitative estimate of drug-likeness (QED) is 0.840. The van der Waals surface area contributed by atoms with E-state index in [9.17, 15) is 0 Å². The van der Waals surface area contributed by atoms with Gasteiger partial charge < -0.3 is 10.5 Å². The van der Waals surface area contributed by atoms with Crippen LogP contribution in [-0.4, -0.2) is 12.1 Å². The van der Waals surface area contributed by atoms with Gasteiger partial charge in [-0.3, -0.25) is 0 Å². The van der Waals surface area contributed by atoms with Crippen molar-refractivity contribution < 1.29 is 4.74 Å². The van der Waals surface area contributed by atoms with E-state index in [4.69, 9.17) is 22.1 Å². The maximum Gasteiger partial charge on any atom is 0.119 e. The highest BCUT2D eigenvalue weighted by Gasteiger charge is 2.23. The Labute approximate surface area is 95.4 Å². The molecule has 2 nitrogen and oxygen atoms in total. The Morgan fingerprint density at radius 2 is 1.80 bits per heavy atom. The molecule has 1 fully saturated rings. The lowest BCUT2D eigenvalue weighted by Gasteiger charge is -2.29. The first-order valence-corrected chi connectivity index (χ1v) is 5.81. The second kappa shape index (κ2) is 4.86. The number of benzene rings is 1. The van der Waals surface area contributed by atoms with E-state index in [0.717, 1.165) is 23.6 Å². The van der Waals surface area contributed by atoms with E-state index in [0.29, 0.717) is 0 Å². The Morgan fingerprint density at radius 1 is 1.13 bits per heavy atom. The Kier molecular flexibility index (Phi) is 3.49. The number of rotatable bonds is 2. The molecule has 0 saturated heterocycles. The molecule has 2 unspecified atom stereocenters. The minimum Gasteiger partial charge on any atom is -0.489 e. The molecule has 1 aliphatic carbocycles. The summed E-state index contributed by atoms with van der Waals surface area (Å²) in [6.07, 6.45) is 4.73. The molecule has 1 saturated carbocycles. The van der Waals surface area contributed by atoms with E-state index in [-0.39, 0.29) is 12.1 Å². The van der Waals surface area contributed by atoms with E-state index in [2.05, 4.69) is 0 Å². The van der Waals surface area contributed by atoms with Crippen molar-refractivity contribution in [2.75, 3.05) is 0 Å². The third-order valence-corrected chi connectivity index (χ3v) is 3.11. The van der Waals surface area contributed by atoms with Gasteiger partial charge in [0.25, 0.3) is 0 Å². The highest BCUT2D eigenvalue weighted by molar-refractivity contribution is 6.30. The molecule has 0 amide bonds. The molecule has 82 valence electrons. The first-order valence-electron chi connectivity index (χ1n) is 5.43. The van der Waals surface area contributed by atoms with Crippen molar-refractivity contribution in [2.24, 2.45) is 5.73 Å². The van der Waals surface area contributed by atoms with Crippen LogP contribution in [0.1, 0.15) is 25.7 Å². The van der Waals surface area contributed by atoms with Crippen LogP contribution in [0.2, 0.25) is 5.02 Å². The maximum absolute atomic E-state index is 6.01. The highest BCUT2D eigenvalue weighted by Crippen LogP contribution is 2.23. The lowest BCUT2D eigenvalue weighted by molar-refractivity contribution is 0.132. The summed E-state index contributed by atoms with van der Waals surface area (Å²) in [6, 6.07) is 7.64. The SMILES string of the molecule is NC1CCCCC1Oc1ccc(Cl)cc1. The average Bonchev–Trinajstić information content (AvgIpc) is 2.25. The number of hydrogen-bond acceptors (Lipinski definition) is 2. The molecule has 1 aromatic rings. The first kappa shape index (κ1) is 10.8. The van der Waals surface area contributed by atoms with Crippen molar-refractivity contribution in [2.45, 2.75) is 37.8 Å². The van der Waals surface area contributed by atoms with Crippen LogP contribution >= 0.6 is 11.6 Å². The van der Waals surface area contributed by atoms with E-state index < -0.39 is 0 Å². The number of hydrogen-bond donors (Lipinski definition) is 1. The summed E-state index contributed by atoms with van der Waals surface area (Å²) < 4.78 is 5.84. The Balaban J connectivity index is 1.98. The Bertz CT molecular complexity index is 312. The average molecular weight is 226 g/mol. The predicted octanol–water partition coefficient (Wildman–Crippen LogP) is 2.99. The molecule has 2 atom stereocenters. The zero-order valence-electron chi connectivity index (χ0n) is 8.66. The zero-order valence-corrected chi connectivity index (χ0v) is 9.41. The van der Waals surface area contributed by atoms with Gasteiger partial charge >= 0.3 is 0 Å². The van der Waals surface area contributed by atoms with Gasteiger partial charge in [0.15, 0.2) is 0 Å². The second-order valence-corrected chi connectivity index (χ2v) is 4.49. The Morgan fingerprint density at radius 3 is 2.47 bits per heavy atom. The van der Waals surface area contributed by atoms with Crippen LogP contribution in [-0.2, 0) is 0 Å². The van der Waals surface area contributed by atoms with Crippen molar-refractivity contribution >= 4 is 11.6 Å². The van der Waals surface area contributed by atoms with Crippen LogP contribution in [0.5, 0.6) is 5.75 Å². The van der Waals surface area contributed by atoms with Gasteiger partial charge in [-0.05, 0) is 43.5 Å². The second-order valence-electron chi connectivity index (χ2n) is 4.06. The largest absolute Gasteiger partial charge is 0.489 e. The molecule has 15 heavy (non-hydrogen) atoms. The third kappa shape index (κ3) is 2.86. The fourth-order valence-corrected chi connectivity index (χ4v) is 2.09. The van der Waals surface area contributed by atoms with Gasteiger partial charge in [-0.25, -0.2) is 0 Å². The lowest BCUT2D eigenvalue weighted by atomic mass is 9.93. The minimum atomic E-state index is 0.167. The van der Waals surface area contributed by atoms with Crippen LogP contribution < -0.4 is 10.5 Å². The van der Waals surface area contributed by atoms with Crippen molar-refractivity contribution in [3.63, 3.8) is 0 Å². The van der Waals surface area contributed by atoms with E-state index in [1.807, 2.05) is 24.3 Å². The van der Waals surface area contributed by atoms with Gasteiger partial charge in [-0.1, -0.05) is 18.0 Å². The molecule has 0 heterocycles. The molecule has 3 heteroatoms. The topological polar surface area (TPSA) is 35.2 Å². The summed E-state index contributed by atoms with van der Waals surface area (Å²) in [5.74, 6) is 0.863. The Hall–Kier alpha value is -0.730. The van der Waals surface area contributed by atoms with Crippen molar-refractivity contribution in [3.05, 3.63) is 29.3 Å². The summed E-state index contributed by atoms with van der Waals surface area (Å²) >= 11 is 5.80. The summed E-state index contributed by atoms with van der Waals surface area (Å²) in [5, 5.41) is 0.732. The third-order valence-electron chi connectivity index (χ3n) is 2.85. The van der Waals surface area contributed by atoms with Gasteiger partial charge in [0.1, 0.15) is 11.9 Å². The maximum atomic E-state index is 6.01. The molecular formula is C12H16ClNO. The minimum absolute atomic E-state index is 0.167. The van der Waals surface area contributed by atoms with Crippen molar-refractivity contribution in [1.29, 1.82) is 0 Å². The molecule has 0 spiro atoms. The normalized spacial score (nSPS) is 26.3. The first-order chi connectivity index (χ1) is 7.25. The van der Waals surface area contributed by atoms with E-state index in [1.165, 1.54) is 12.8 Å². The zero-order chi connectivity index (χ0) is 10.7. The molecule has 1 aromatic carbocycles. The smallest absolute Gasteiger partial charge is 0.119 e. The van der Waals surface area contributed by atoms with Gasteiger partial charge in [-0.2, -0.15) is 0 Å². The number of ether oxygens (including phenoxy) is 1. The lowest BCUT2D eigenvalue weighted by Crippen LogP contribution is -2.41. The number of halogens is 1. The van der Waals surface area contributed by atoms with Crippen LogP contribution in [0.15, 0.2) is 24.3 Å². The molecular weight excluding hydrogens is 210 g/mol. The van der Waals surface area contributed by atoms with Gasteiger partial charge in [0, 0.05) is 11.1 Å². The van der Waals surface area contributed by atoms with E-state index in [1.54, 1.807) is 0 Å². The fourth-order valence-electron chi connectivity index (χ4n) is 1.96. The van der Waals surface area contributed by atoms with Gasteiger partial charge in [0.05, 0.1) is 0 Å². The molecule has 0 bridgehead atoms. The summed E-state index contributed by atoms with van der Waals surface area (Å²) in [7, 11) is 0. The van der Waals surface area contributed by atoms with Crippen molar-refractivity contribution in [3.8, 4) is 5.75 Å². The molecule has 0 radical (unpaired) electrons. The molecule has 2 N–H and O–H groups in total. The predicted molar refractivity (Wildman–Crippen MR) is 62.3 cm³/mol. The summed E-state index contributed by atoms with van der Waals surface area (Å²) in [4.78, 5) is 0. The van der Waals surface area contributed by atoms with Gasteiger partial charge in [-0.15, -0.1) is 0 Å². The molecule has 0 aliphatic heterocycles. The van der Waals surface area contributed by atoms with Crippen LogP contribution in [0.3, 0.4) is 0 Å². The van der Waals surface area contributed by atoms with Crippen molar-refractivity contribution in [1.82, 2.24) is 0 Å². The highest BCUT2D eigenvalue weighted by atomic mass is 35.5. The number of nitrogens with two attached hydrogens (primary N) is 1. The van der Waals surface area contributed by atoms with Crippen LogP contribution in [0.4, 0.5) is 0 Å². The van der Waals surface area contributed by atoms with Gasteiger partial charge in [0.2, 0.25) is 0 Å².